The highest BCUT2D eigenvalue weighted by Gasteiger charge is 2.36. The van der Waals surface area contributed by atoms with E-state index in [1.54, 1.807) is 0 Å². The average molecular weight is 433 g/mol. The number of carbonyl (C=O) groups excluding carboxylic acids is 4. The van der Waals surface area contributed by atoms with E-state index in [4.69, 9.17) is 0 Å². The third-order valence-electron chi connectivity index (χ3n) is 4.88. The van der Waals surface area contributed by atoms with Crippen LogP contribution < -0.4 is 10.6 Å². The van der Waals surface area contributed by atoms with Gasteiger partial charge in [-0.15, -0.1) is 11.3 Å². The molecule has 1 fully saturated rings. The zero-order chi connectivity index (χ0) is 21.8. The van der Waals surface area contributed by atoms with Gasteiger partial charge in [0.05, 0.1) is 13.2 Å². The molecule has 3 rings (SSSR count). The maximum atomic E-state index is 13.0. The van der Waals surface area contributed by atoms with Crippen molar-refractivity contribution in [2.75, 3.05) is 25.6 Å². The second kappa shape index (κ2) is 9.41. The number of esters is 1. The molecule has 160 valence electrons. The van der Waals surface area contributed by atoms with Gasteiger partial charge in [-0.2, -0.15) is 0 Å². The van der Waals surface area contributed by atoms with Crippen LogP contribution in [0.4, 0.5) is 5.13 Å². The molecule has 1 amide bonds. The van der Waals surface area contributed by atoms with E-state index in [9.17, 15) is 19.2 Å². The fourth-order valence-electron chi connectivity index (χ4n) is 3.42. The topological polar surface area (TPSA) is 118 Å². The molecule has 0 saturated carbocycles. The van der Waals surface area contributed by atoms with Crippen molar-refractivity contribution in [1.82, 2.24) is 15.2 Å². The SMILES string of the molecule is COC(=O)c1csc(NC(=O)C(CC(C)C)N2CNC(C3=CC(=O)C=CC3=O)C2)n1. The van der Waals surface area contributed by atoms with Crippen LogP contribution in [0.15, 0.2) is 29.2 Å². The maximum absolute atomic E-state index is 13.0. The monoisotopic (exact) mass is 432 g/mol. The van der Waals surface area contributed by atoms with Gasteiger partial charge in [-0.05, 0) is 30.6 Å². The molecule has 2 aliphatic rings. The number of nitrogens with zero attached hydrogens (tertiary/aromatic N) is 2. The Morgan fingerprint density at radius 2 is 2.13 bits per heavy atom. The van der Waals surface area contributed by atoms with Crippen LogP contribution in [-0.4, -0.2) is 65.7 Å². The number of carbonyl (C=O) groups is 4. The molecule has 1 aliphatic carbocycles. The van der Waals surface area contributed by atoms with Crippen molar-refractivity contribution in [3.63, 3.8) is 0 Å². The zero-order valence-electron chi connectivity index (χ0n) is 17.0. The first-order valence-corrected chi connectivity index (χ1v) is 10.5. The number of thiazole rings is 1. The average Bonchev–Trinajstić information content (AvgIpc) is 3.37. The zero-order valence-corrected chi connectivity index (χ0v) is 17.8. The molecule has 0 aromatic carbocycles. The van der Waals surface area contributed by atoms with Gasteiger partial charge in [0.1, 0.15) is 0 Å². The molecular weight excluding hydrogens is 408 g/mol. The molecule has 1 aromatic rings. The number of ether oxygens (including phenoxy) is 1. The van der Waals surface area contributed by atoms with Gasteiger partial charge in [-0.1, -0.05) is 13.8 Å². The molecule has 1 aromatic heterocycles. The predicted octanol–water partition coefficient (Wildman–Crippen LogP) is 1.15. The predicted molar refractivity (Wildman–Crippen MR) is 111 cm³/mol. The number of nitrogens with one attached hydrogen (secondary N) is 2. The standard InChI is InChI=1S/C20H24N4O5S/c1-11(2)6-16(18(27)23-20-22-15(9-30-20)19(28)29-3)24-8-14(21-10-24)13-7-12(25)4-5-17(13)26/h4-5,7,9,11,14,16,21H,6,8,10H2,1-3H3,(H,22,23,27). The Morgan fingerprint density at radius 3 is 2.83 bits per heavy atom. The third kappa shape index (κ3) is 5.07. The van der Waals surface area contributed by atoms with Gasteiger partial charge < -0.3 is 10.1 Å². The molecule has 2 N–H and O–H groups in total. The van der Waals surface area contributed by atoms with Gasteiger partial charge in [0, 0.05) is 30.2 Å². The number of hydrogen-bond donors (Lipinski definition) is 2. The smallest absolute Gasteiger partial charge is 0.357 e. The van der Waals surface area contributed by atoms with Crippen LogP contribution in [0.5, 0.6) is 0 Å². The fraction of sp³-hybridized carbons (Fsp3) is 0.450. The summed E-state index contributed by atoms with van der Waals surface area (Å²) in [6, 6.07) is -0.779. The number of allylic oxidation sites excluding steroid dienone is 3. The summed E-state index contributed by atoms with van der Waals surface area (Å²) in [5.41, 5.74) is 0.554. The molecule has 2 atom stereocenters. The van der Waals surface area contributed by atoms with Crippen molar-refractivity contribution in [2.45, 2.75) is 32.4 Å². The number of rotatable bonds is 7. The van der Waals surface area contributed by atoms with Gasteiger partial charge in [0.15, 0.2) is 22.4 Å². The molecule has 2 heterocycles. The molecule has 10 heteroatoms. The van der Waals surface area contributed by atoms with Gasteiger partial charge in [0.25, 0.3) is 0 Å². The van der Waals surface area contributed by atoms with E-state index in [1.165, 1.54) is 30.7 Å². The summed E-state index contributed by atoms with van der Waals surface area (Å²) in [5, 5.41) is 7.85. The van der Waals surface area contributed by atoms with E-state index < -0.39 is 12.0 Å². The minimum absolute atomic E-state index is 0.140. The molecule has 30 heavy (non-hydrogen) atoms. The Bertz CT molecular complexity index is 920. The molecule has 1 aliphatic heterocycles. The normalized spacial score (nSPS) is 20.4. The Kier molecular flexibility index (Phi) is 6.91. The summed E-state index contributed by atoms with van der Waals surface area (Å²) in [6.07, 6.45) is 4.48. The highest BCUT2D eigenvalue weighted by Crippen LogP contribution is 2.22. The lowest BCUT2D eigenvalue weighted by atomic mass is 9.96. The van der Waals surface area contributed by atoms with Crippen molar-refractivity contribution >= 4 is 39.9 Å². The van der Waals surface area contributed by atoms with Crippen LogP contribution in [-0.2, 0) is 19.1 Å². The van der Waals surface area contributed by atoms with Crippen molar-refractivity contribution < 1.29 is 23.9 Å². The van der Waals surface area contributed by atoms with E-state index >= 15 is 0 Å². The molecule has 0 bridgehead atoms. The van der Waals surface area contributed by atoms with E-state index in [2.05, 4.69) is 20.4 Å². The molecule has 0 spiro atoms. The van der Waals surface area contributed by atoms with Crippen LogP contribution in [0.3, 0.4) is 0 Å². The second-order valence-corrected chi connectivity index (χ2v) is 8.41. The van der Waals surface area contributed by atoms with Crippen molar-refractivity contribution in [3.05, 3.63) is 34.9 Å². The summed E-state index contributed by atoms with van der Waals surface area (Å²) in [6.45, 7) is 4.88. The molecule has 0 radical (unpaired) electrons. The maximum Gasteiger partial charge on any atom is 0.357 e. The van der Waals surface area contributed by atoms with Crippen LogP contribution >= 0.6 is 11.3 Å². The van der Waals surface area contributed by atoms with Crippen molar-refractivity contribution in [2.24, 2.45) is 5.92 Å². The minimum atomic E-state index is -0.564. The first-order valence-electron chi connectivity index (χ1n) is 9.58. The lowest BCUT2D eigenvalue weighted by Gasteiger charge is -2.27. The van der Waals surface area contributed by atoms with Gasteiger partial charge in [0.2, 0.25) is 5.91 Å². The number of amides is 1. The number of methoxy groups -OCH3 is 1. The number of hydrogen-bond acceptors (Lipinski definition) is 9. The first kappa shape index (κ1) is 22.0. The number of aromatic nitrogens is 1. The Labute approximate surface area is 178 Å². The first-order chi connectivity index (χ1) is 14.3. The quantitative estimate of drug-likeness (QED) is 0.487. The van der Waals surface area contributed by atoms with Crippen LogP contribution in [0.1, 0.15) is 30.8 Å². The second-order valence-electron chi connectivity index (χ2n) is 7.55. The highest BCUT2D eigenvalue weighted by molar-refractivity contribution is 7.14. The Balaban J connectivity index is 1.70. The lowest BCUT2D eigenvalue weighted by molar-refractivity contribution is -0.121. The minimum Gasteiger partial charge on any atom is -0.464 e. The summed E-state index contributed by atoms with van der Waals surface area (Å²) in [5.74, 6) is -0.965. The number of ketones is 2. The van der Waals surface area contributed by atoms with E-state index in [0.29, 0.717) is 30.3 Å². The molecule has 1 saturated heterocycles. The van der Waals surface area contributed by atoms with Crippen LogP contribution in [0.25, 0.3) is 0 Å². The molecule has 9 nitrogen and oxygen atoms in total. The van der Waals surface area contributed by atoms with E-state index in [0.717, 1.165) is 11.3 Å². The summed E-state index contributed by atoms with van der Waals surface area (Å²) in [4.78, 5) is 54.4. The third-order valence-corrected chi connectivity index (χ3v) is 5.64. The summed E-state index contributed by atoms with van der Waals surface area (Å²) >= 11 is 1.15. The van der Waals surface area contributed by atoms with Crippen molar-refractivity contribution in [1.29, 1.82) is 0 Å². The van der Waals surface area contributed by atoms with E-state index in [1.807, 2.05) is 18.7 Å². The van der Waals surface area contributed by atoms with Gasteiger partial charge >= 0.3 is 5.97 Å². The van der Waals surface area contributed by atoms with Crippen molar-refractivity contribution in [3.8, 4) is 0 Å². The summed E-state index contributed by atoms with van der Waals surface area (Å²) in [7, 11) is 1.27. The van der Waals surface area contributed by atoms with Gasteiger partial charge in [-0.3, -0.25) is 24.6 Å². The Hall–Kier alpha value is -2.69. The number of anilines is 1. The molecular formula is C20H24N4O5S. The van der Waals surface area contributed by atoms with Gasteiger partial charge in [-0.25, -0.2) is 9.78 Å². The summed E-state index contributed by atoms with van der Waals surface area (Å²) < 4.78 is 4.64. The fourth-order valence-corrected chi connectivity index (χ4v) is 4.11. The Morgan fingerprint density at radius 1 is 1.37 bits per heavy atom. The van der Waals surface area contributed by atoms with E-state index in [-0.39, 0.29) is 35.1 Å². The highest BCUT2D eigenvalue weighted by atomic mass is 32.1. The lowest BCUT2D eigenvalue weighted by Crippen LogP contribution is -2.44. The molecule has 2 unspecified atom stereocenters. The largest absolute Gasteiger partial charge is 0.464 e. The van der Waals surface area contributed by atoms with Crippen LogP contribution in [0, 0.1) is 5.92 Å². The van der Waals surface area contributed by atoms with Crippen LogP contribution in [0.2, 0.25) is 0 Å².